The van der Waals surface area contributed by atoms with Gasteiger partial charge in [-0.05, 0) is 49.4 Å². The zero-order valence-electron chi connectivity index (χ0n) is 13.3. The molecule has 0 fully saturated rings. The Morgan fingerprint density at radius 1 is 1.43 bits per heavy atom. The summed E-state index contributed by atoms with van der Waals surface area (Å²) in [4.78, 5) is 4.49. The first-order chi connectivity index (χ1) is 10.00. The molecule has 1 N–H and O–H groups in total. The van der Waals surface area contributed by atoms with E-state index >= 15 is 0 Å². The lowest BCUT2D eigenvalue weighted by molar-refractivity contribution is 0.255. The first-order valence-corrected chi connectivity index (χ1v) is 7.73. The van der Waals surface area contributed by atoms with E-state index in [4.69, 9.17) is 0 Å². The molecular weight excluding hydrogens is 260 g/mol. The second kappa shape index (κ2) is 5.26. The zero-order chi connectivity index (χ0) is 15.0. The number of rotatable bonds is 3. The van der Waals surface area contributed by atoms with Crippen molar-refractivity contribution in [2.24, 2.45) is 5.41 Å². The highest BCUT2D eigenvalue weighted by Gasteiger charge is 2.34. The van der Waals surface area contributed by atoms with E-state index in [-0.39, 0.29) is 5.41 Å². The topological polar surface area (TPSA) is 42.7 Å². The molecule has 0 spiro atoms. The maximum Gasteiger partial charge on any atom is 0.153 e. The van der Waals surface area contributed by atoms with Gasteiger partial charge >= 0.3 is 0 Å². The number of hydrogen-bond acceptors (Lipinski definition) is 3. The van der Waals surface area contributed by atoms with E-state index < -0.39 is 0 Å². The van der Waals surface area contributed by atoms with Gasteiger partial charge in [0.1, 0.15) is 0 Å². The maximum atomic E-state index is 4.62. The van der Waals surface area contributed by atoms with Crippen LogP contribution >= 0.6 is 0 Å². The zero-order valence-corrected chi connectivity index (χ0v) is 13.3. The van der Waals surface area contributed by atoms with Crippen LogP contribution in [-0.2, 0) is 6.42 Å². The predicted octanol–water partition coefficient (Wildman–Crippen LogP) is 3.20. The highest BCUT2D eigenvalue weighted by atomic mass is 15.3. The van der Waals surface area contributed by atoms with Crippen LogP contribution in [0.1, 0.15) is 50.1 Å². The molecule has 0 radical (unpaired) electrons. The fraction of sp³-hybridized carbons (Fsp3) is 0.529. The number of hydrogen-bond donors (Lipinski definition) is 1. The summed E-state index contributed by atoms with van der Waals surface area (Å²) in [6, 6.07) is 4.51. The molecule has 4 nitrogen and oxygen atoms in total. The van der Waals surface area contributed by atoms with Gasteiger partial charge in [-0.3, -0.25) is 0 Å². The molecule has 0 saturated carbocycles. The van der Waals surface area contributed by atoms with Crippen LogP contribution in [0.25, 0.3) is 5.82 Å². The van der Waals surface area contributed by atoms with E-state index in [2.05, 4.69) is 49.2 Å². The summed E-state index contributed by atoms with van der Waals surface area (Å²) in [5, 5.41) is 8.22. The smallest absolute Gasteiger partial charge is 0.153 e. The van der Waals surface area contributed by atoms with Gasteiger partial charge in [0, 0.05) is 17.8 Å². The number of pyridine rings is 1. The van der Waals surface area contributed by atoms with Gasteiger partial charge in [0.2, 0.25) is 0 Å². The van der Waals surface area contributed by atoms with Crippen molar-refractivity contribution >= 4 is 0 Å². The molecule has 2 aromatic rings. The summed E-state index contributed by atoms with van der Waals surface area (Å²) >= 11 is 0. The molecule has 21 heavy (non-hydrogen) atoms. The molecule has 1 atom stereocenters. The summed E-state index contributed by atoms with van der Waals surface area (Å²) in [6.07, 6.45) is 6.07. The quantitative estimate of drug-likeness (QED) is 0.941. The van der Waals surface area contributed by atoms with Gasteiger partial charge in [-0.2, -0.15) is 5.10 Å². The molecule has 1 aliphatic carbocycles. The van der Waals surface area contributed by atoms with Gasteiger partial charge in [0.05, 0.1) is 11.9 Å². The third kappa shape index (κ3) is 2.72. The minimum absolute atomic E-state index is 0.279. The Labute approximate surface area is 126 Å². The maximum absolute atomic E-state index is 4.62. The van der Waals surface area contributed by atoms with Gasteiger partial charge in [-0.25, -0.2) is 9.67 Å². The van der Waals surface area contributed by atoms with Gasteiger partial charge in [-0.1, -0.05) is 20.8 Å². The van der Waals surface area contributed by atoms with Crippen molar-refractivity contribution < 1.29 is 0 Å². The van der Waals surface area contributed by atoms with E-state index in [9.17, 15) is 0 Å². The van der Waals surface area contributed by atoms with Crippen LogP contribution in [0.2, 0.25) is 0 Å². The first kappa shape index (κ1) is 14.3. The average molecular weight is 284 g/mol. The fourth-order valence-corrected chi connectivity index (χ4v) is 3.30. The standard InChI is InChI=1S/C17H24N4/c1-5-18-14-9-17(3,4)10-15-13(14)11-20-21(15)16-8-12(2)6-7-19-16/h6-8,11,14,18H,5,9-10H2,1-4H3. The van der Waals surface area contributed by atoms with Crippen molar-refractivity contribution in [3.63, 3.8) is 0 Å². The summed E-state index contributed by atoms with van der Waals surface area (Å²) < 4.78 is 2.02. The Morgan fingerprint density at radius 3 is 2.95 bits per heavy atom. The van der Waals surface area contributed by atoms with Crippen LogP contribution in [-0.4, -0.2) is 21.3 Å². The second-order valence-electron chi connectivity index (χ2n) is 6.81. The van der Waals surface area contributed by atoms with Crippen molar-refractivity contribution in [1.29, 1.82) is 0 Å². The molecule has 1 unspecified atom stereocenters. The Morgan fingerprint density at radius 2 is 2.24 bits per heavy atom. The van der Waals surface area contributed by atoms with Crippen molar-refractivity contribution in [1.82, 2.24) is 20.1 Å². The van der Waals surface area contributed by atoms with Crippen molar-refractivity contribution in [2.75, 3.05) is 6.54 Å². The molecule has 2 aromatic heterocycles. The molecule has 0 amide bonds. The molecule has 1 aliphatic rings. The average Bonchev–Trinajstić information content (AvgIpc) is 2.81. The van der Waals surface area contributed by atoms with E-state index in [1.165, 1.54) is 16.8 Å². The molecular formula is C17H24N4. The van der Waals surface area contributed by atoms with Gasteiger partial charge in [0.25, 0.3) is 0 Å². The lowest BCUT2D eigenvalue weighted by atomic mass is 9.74. The van der Waals surface area contributed by atoms with E-state index in [0.717, 1.165) is 25.2 Å². The lowest BCUT2D eigenvalue weighted by Gasteiger charge is -2.35. The Kier molecular flexibility index (Phi) is 3.57. The molecule has 3 rings (SSSR count). The molecule has 0 aromatic carbocycles. The summed E-state index contributed by atoms with van der Waals surface area (Å²) in [5.41, 5.74) is 4.12. The SMILES string of the molecule is CCNC1CC(C)(C)Cc2c1cnn2-c1cc(C)ccn1. The number of nitrogens with zero attached hydrogens (tertiary/aromatic N) is 3. The lowest BCUT2D eigenvalue weighted by Crippen LogP contribution is -2.33. The summed E-state index contributed by atoms with van der Waals surface area (Å²) in [6.45, 7) is 9.90. The molecule has 112 valence electrons. The van der Waals surface area contributed by atoms with Crippen LogP contribution in [0.5, 0.6) is 0 Å². The van der Waals surface area contributed by atoms with Crippen LogP contribution < -0.4 is 5.32 Å². The van der Waals surface area contributed by atoms with Gasteiger partial charge in [0.15, 0.2) is 5.82 Å². The van der Waals surface area contributed by atoms with Crippen LogP contribution in [0, 0.1) is 12.3 Å². The van der Waals surface area contributed by atoms with Crippen LogP contribution in [0.15, 0.2) is 24.5 Å². The highest BCUT2D eigenvalue weighted by molar-refractivity contribution is 5.35. The minimum Gasteiger partial charge on any atom is -0.310 e. The third-order valence-corrected chi connectivity index (χ3v) is 4.25. The molecule has 0 saturated heterocycles. The van der Waals surface area contributed by atoms with E-state index in [0.29, 0.717) is 6.04 Å². The van der Waals surface area contributed by atoms with Crippen molar-refractivity contribution in [3.8, 4) is 5.82 Å². The number of aryl methyl sites for hydroxylation is 1. The normalized spacial score (nSPS) is 20.3. The Bertz CT molecular complexity index is 642. The monoisotopic (exact) mass is 284 g/mol. The van der Waals surface area contributed by atoms with E-state index in [1.807, 2.05) is 23.1 Å². The highest BCUT2D eigenvalue weighted by Crippen LogP contribution is 2.41. The number of aromatic nitrogens is 3. The second-order valence-corrected chi connectivity index (χ2v) is 6.81. The molecule has 0 aliphatic heterocycles. The molecule has 4 heteroatoms. The largest absolute Gasteiger partial charge is 0.310 e. The number of nitrogens with one attached hydrogen (secondary N) is 1. The first-order valence-electron chi connectivity index (χ1n) is 7.73. The van der Waals surface area contributed by atoms with E-state index in [1.54, 1.807) is 0 Å². The third-order valence-electron chi connectivity index (χ3n) is 4.25. The summed E-state index contributed by atoms with van der Waals surface area (Å²) in [7, 11) is 0. The fourth-order valence-electron chi connectivity index (χ4n) is 3.30. The Hall–Kier alpha value is -1.68. The van der Waals surface area contributed by atoms with Gasteiger partial charge < -0.3 is 5.32 Å². The van der Waals surface area contributed by atoms with Crippen molar-refractivity contribution in [2.45, 2.75) is 46.6 Å². The van der Waals surface area contributed by atoms with Crippen molar-refractivity contribution in [3.05, 3.63) is 41.3 Å². The van der Waals surface area contributed by atoms with Crippen LogP contribution in [0.3, 0.4) is 0 Å². The Balaban J connectivity index is 2.07. The van der Waals surface area contributed by atoms with Crippen LogP contribution in [0.4, 0.5) is 0 Å². The molecule has 2 heterocycles. The summed E-state index contributed by atoms with van der Waals surface area (Å²) in [5.74, 6) is 0.921. The number of fused-ring (bicyclic) bond motifs is 1. The molecule has 0 bridgehead atoms. The minimum atomic E-state index is 0.279. The predicted molar refractivity (Wildman–Crippen MR) is 84.6 cm³/mol. The van der Waals surface area contributed by atoms with Gasteiger partial charge in [-0.15, -0.1) is 0 Å².